The normalized spacial score (nSPS) is 11.2. The number of imidazole rings is 1. The second-order valence-corrected chi connectivity index (χ2v) is 6.16. The molecule has 0 radical (unpaired) electrons. The third-order valence-electron chi connectivity index (χ3n) is 3.43. The Morgan fingerprint density at radius 2 is 2.09 bits per heavy atom. The van der Waals surface area contributed by atoms with Gasteiger partial charge in [0.25, 0.3) is 5.22 Å². The number of hydrogen-bond acceptors (Lipinski definition) is 5. The van der Waals surface area contributed by atoms with Crippen LogP contribution in [-0.4, -0.2) is 19.6 Å². The average molecular weight is 322 g/mol. The van der Waals surface area contributed by atoms with Crippen molar-refractivity contribution < 1.29 is 4.42 Å². The van der Waals surface area contributed by atoms with Crippen molar-refractivity contribution in [3.63, 3.8) is 0 Å². The molecular weight excluding hydrogens is 308 g/mol. The monoisotopic (exact) mass is 322 g/mol. The van der Waals surface area contributed by atoms with Gasteiger partial charge in [0, 0.05) is 23.7 Å². The van der Waals surface area contributed by atoms with Gasteiger partial charge in [-0.1, -0.05) is 35.5 Å². The van der Waals surface area contributed by atoms with Gasteiger partial charge >= 0.3 is 0 Å². The molecule has 0 saturated carbocycles. The summed E-state index contributed by atoms with van der Waals surface area (Å²) >= 11 is 1.49. The molecule has 0 saturated heterocycles. The topological polar surface area (TPSA) is 56.2 Å². The molecule has 114 valence electrons. The van der Waals surface area contributed by atoms with Crippen molar-refractivity contribution >= 4 is 17.4 Å². The van der Waals surface area contributed by atoms with E-state index < -0.39 is 0 Å². The minimum atomic E-state index is 0.547. The molecule has 3 aromatic heterocycles. The van der Waals surface area contributed by atoms with Gasteiger partial charge in [-0.3, -0.25) is 0 Å². The minimum Gasteiger partial charge on any atom is -0.411 e. The number of hydrogen-bond donors (Lipinski definition) is 0. The third-order valence-corrected chi connectivity index (χ3v) is 4.28. The van der Waals surface area contributed by atoms with E-state index in [4.69, 9.17) is 4.42 Å². The van der Waals surface area contributed by atoms with E-state index in [2.05, 4.69) is 15.2 Å². The number of pyridine rings is 1. The van der Waals surface area contributed by atoms with Crippen LogP contribution in [0.4, 0.5) is 0 Å². The molecule has 0 amide bonds. The highest BCUT2D eigenvalue weighted by Crippen LogP contribution is 2.26. The van der Waals surface area contributed by atoms with E-state index in [9.17, 15) is 0 Å². The second kappa shape index (κ2) is 5.89. The van der Waals surface area contributed by atoms with E-state index in [0.29, 0.717) is 16.9 Å². The molecule has 3 heterocycles. The van der Waals surface area contributed by atoms with Gasteiger partial charge in [-0.15, -0.1) is 10.2 Å². The Kier molecular flexibility index (Phi) is 3.59. The predicted molar refractivity (Wildman–Crippen MR) is 89.2 cm³/mol. The molecule has 0 N–H and O–H groups in total. The molecule has 4 aromatic rings. The molecule has 0 unspecified atom stereocenters. The van der Waals surface area contributed by atoms with Crippen molar-refractivity contribution in [1.29, 1.82) is 0 Å². The van der Waals surface area contributed by atoms with Crippen molar-refractivity contribution in [3.05, 3.63) is 66.1 Å². The van der Waals surface area contributed by atoms with Crippen LogP contribution in [0.5, 0.6) is 0 Å². The summed E-state index contributed by atoms with van der Waals surface area (Å²) in [7, 11) is 0. The van der Waals surface area contributed by atoms with Crippen molar-refractivity contribution in [3.8, 4) is 11.5 Å². The van der Waals surface area contributed by atoms with Crippen LogP contribution < -0.4 is 0 Å². The summed E-state index contributed by atoms with van der Waals surface area (Å²) < 4.78 is 7.73. The van der Waals surface area contributed by atoms with E-state index in [0.717, 1.165) is 16.9 Å². The van der Waals surface area contributed by atoms with Crippen molar-refractivity contribution in [1.82, 2.24) is 19.6 Å². The molecule has 6 heteroatoms. The van der Waals surface area contributed by atoms with E-state index in [1.807, 2.05) is 66.2 Å². The molecule has 4 rings (SSSR count). The molecule has 0 atom stereocenters. The number of benzene rings is 1. The average Bonchev–Trinajstić information content (AvgIpc) is 3.19. The summed E-state index contributed by atoms with van der Waals surface area (Å²) in [6, 6.07) is 14.0. The van der Waals surface area contributed by atoms with Gasteiger partial charge in [0.15, 0.2) is 0 Å². The first-order valence-electron chi connectivity index (χ1n) is 7.24. The van der Waals surface area contributed by atoms with Crippen LogP contribution in [-0.2, 0) is 5.75 Å². The van der Waals surface area contributed by atoms with Crippen molar-refractivity contribution in [2.45, 2.75) is 17.9 Å². The maximum atomic E-state index is 5.73. The lowest BCUT2D eigenvalue weighted by atomic mass is 10.1. The van der Waals surface area contributed by atoms with Crippen molar-refractivity contribution in [2.24, 2.45) is 0 Å². The zero-order chi connectivity index (χ0) is 15.6. The Morgan fingerprint density at radius 3 is 2.96 bits per heavy atom. The first-order chi connectivity index (χ1) is 11.3. The molecule has 0 fully saturated rings. The zero-order valence-electron chi connectivity index (χ0n) is 12.5. The highest BCUT2D eigenvalue weighted by atomic mass is 32.2. The molecule has 0 aliphatic carbocycles. The fourth-order valence-corrected chi connectivity index (χ4v) is 3.00. The molecule has 1 aromatic carbocycles. The summed E-state index contributed by atoms with van der Waals surface area (Å²) in [5.41, 5.74) is 4.03. The van der Waals surface area contributed by atoms with Crippen molar-refractivity contribution in [2.75, 3.05) is 0 Å². The highest BCUT2D eigenvalue weighted by molar-refractivity contribution is 7.98. The van der Waals surface area contributed by atoms with E-state index in [-0.39, 0.29) is 0 Å². The summed E-state index contributed by atoms with van der Waals surface area (Å²) in [5.74, 6) is 1.24. The van der Waals surface area contributed by atoms with Crippen LogP contribution >= 0.6 is 11.8 Å². The number of aryl methyl sites for hydroxylation is 1. The lowest BCUT2D eigenvalue weighted by Gasteiger charge is -1.96. The van der Waals surface area contributed by atoms with E-state index in [1.54, 1.807) is 0 Å². The second-order valence-electron chi connectivity index (χ2n) is 5.23. The van der Waals surface area contributed by atoms with Crippen LogP contribution in [0.3, 0.4) is 0 Å². The third kappa shape index (κ3) is 2.98. The predicted octanol–water partition coefficient (Wildman–Crippen LogP) is 3.99. The van der Waals surface area contributed by atoms with E-state index in [1.165, 1.54) is 17.3 Å². The Morgan fingerprint density at radius 1 is 1.13 bits per heavy atom. The number of aromatic nitrogens is 4. The smallest absolute Gasteiger partial charge is 0.277 e. The summed E-state index contributed by atoms with van der Waals surface area (Å²) in [6.07, 6.45) is 4.00. The van der Waals surface area contributed by atoms with Crippen LogP contribution in [0.1, 0.15) is 11.3 Å². The lowest BCUT2D eigenvalue weighted by Crippen LogP contribution is -1.79. The van der Waals surface area contributed by atoms with Gasteiger partial charge in [0.1, 0.15) is 5.65 Å². The first-order valence-corrected chi connectivity index (χ1v) is 8.22. The summed E-state index contributed by atoms with van der Waals surface area (Å²) in [4.78, 5) is 4.56. The Bertz CT molecular complexity index is 927. The molecule has 0 bridgehead atoms. The zero-order valence-corrected chi connectivity index (χ0v) is 13.3. The molecule has 0 aliphatic heterocycles. The van der Waals surface area contributed by atoms with Gasteiger partial charge in [-0.2, -0.15) is 0 Å². The number of nitrogens with zero attached hydrogens (tertiary/aromatic N) is 4. The standard InChI is InChI=1S/C17H14N4OS/c1-12-5-4-6-13(9-12)16-19-20-17(22-16)23-11-14-10-21-8-3-2-7-15(21)18-14/h2-10H,11H2,1H3. The van der Waals surface area contributed by atoms with Crippen LogP contribution in [0, 0.1) is 6.92 Å². The van der Waals surface area contributed by atoms with Gasteiger partial charge < -0.3 is 8.82 Å². The van der Waals surface area contributed by atoms with Crippen LogP contribution in [0.25, 0.3) is 17.1 Å². The van der Waals surface area contributed by atoms with Gasteiger partial charge in [0.05, 0.1) is 5.69 Å². The van der Waals surface area contributed by atoms with Crippen LogP contribution in [0.2, 0.25) is 0 Å². The maximum absolute atomic E-state index is 5.73. The lowest BCUT2D eigenvalue weighted by molar-refractivity contribution is 0.466. The quantitative estimate of drug-likeness (QED) is 0.532. The van der Waals surface area contributed by atoms with Gasteiger partial charge in [-0.25, -0.2) is 4.98 Å². The maximum Gasteiger partial charge on any atom is 0.277 e. The Labute approximate surface area is 137 Å². The molecule has 5 nitrogen and oxygen atoms in total. The Balaban J connectivity index is 1.49. The van der Waals surface area contributed by atoms with Gasteiger partial charge in [-0.05, 0) is 31.2 Å². The number of rotatable bonds is 4. The summed E-state index contributed by atoms with van der Waals surface area (Å²) in [5, 5.41) is 8.78. The molecular formula is C17H14N4OS. The molecule has 0 spiro atoms. The minimum absolute atomic E-state index is 0.547. The van der Waals surface area contributed by atoms with Gasteiger partial charge in [0.2, 0.25) is 5.89 Å². The first kappa shape index (κ1) is 14.0. The van der Waals surface area contributed by atoms with E-state index >= 15 is 0 Å². The largest absolute Gasteiger partial charge is 0.411 e. The fraction of sp³-hybridized carbons (Fsp3) is 0.118. The van der Waals surface area contributed by atoms with Crippen LogP contribution in [0.15, 0.2) is 64.5 Å². The summed E-state index contributed by atoms with van der Waals surface area (Å²) in [6.45, 7) is 2.04. The number of fused-ring (bicyclic) bond motifs is 1. The SMILES string of the molecule is Cc1cccc(-c2nnc(SCc3cn4ccccc4n3)o2)c1. The highest BCUT2D eigenvalue weighted by Gasteiger charge is 2.10. The Hall–Kier alpha value is -2.60. The molecule has 23 heavy (non-hydrogen) atoms. The molecule has 0 aliphatic rings. The fourth-order valence-electron chi connectivity index (χ4n) is 2.36. The number of thioether (sulfide) groups is 1.